The van der Waals surface area contributed by atoms with Crippen LogP contribution >= 0.6 is 0 Å². The number of rotatable bonds is 7. The molecule has 0 atom stereocenters. The number of aromatic nitrogens is 2. The lowest BCUT2D eigenvalue weighted by molar-refractivity contribution is 0.520. The second kappa shape index (κ2) is 5.76. The highest BCUT2D eigenvalue weighted by molar-refractivity contribution is 5.59. The first-order valence-corrected chi connectivity index (χ1v) is 7.44. The van der Waals surface area contributed by atoms with E-state index >= 15 is 0 Å². The lowest BCUT2D eigenvalue weighted by atomic mass is 10.0. The molecule has 0 radical (unpaired) electrons. The molecule has 1 aromatic rings. The molecule has 0 aromatic carbocycles. The van der Waals surface area contributed by atoms with Crippen molar-refractivity contribution in [2.24, 2.45) is 5.41 Å². The molecule has 0 unspecified atom stereocenters. The average molecular weight is 262 g/mol. The minimum Gasteiger partial charge on any atom is -0.370 e. The molecule has 0 aliphatic heterocycles. The molecule has 0 spiro atoms. The van der Waals surface area contributed by atoms with E-state index in [-0.39, 0.29) is 0 Å². The molecule has 4 heteroatoms. The fourth-order valence-electron chi connectivity index (χ4n) is 2.49. The van der Waals surface area contributed by atoms with Gasteiger partial charge in [0.15, 0.2) is 0 Å². The van der Waals surface area contributed by atoms with Crippen LogP contribution in [0.15, 0.2) is 6.33 Å². The lowest BCUT2D eigenvalue weighted by Gasteiger charge is -2.20. The highest BCUT2D eigenvalue weighted by Gasteiger charge is 2.40. The number of nitrogens with zero attached hydrogens (tertiary/aromatic N) is 2. The third kappa shape index (κ3) is 3.17. The third-order valence-electron chi connectivity index (χ3n) is 4.14. The van der Waals surface area contributed by atoms with Crippen molar-refractivity contribution in [1.82, 2.24) is 9.97 Å². The maximum absolute atomic E-state index is 4.45. The van der Waals surface area contributed by atoms with Gasteiger partial charge in [0.1, 0.15) is 18.0 Å². The van der Waals surface area contributed by atoms with Gasteiger partial charge in [0.05, 0.1) is 0 Å². The van der Waals surface area contributed by atoms with Gasteiger partial charge in [0, 0.05) is 18.7 Å². The summed E-state index contributed by atoms with van der Waals surface area (Å²) in [5, 5.41) is 6.89. The zero-order valence-electron chi connectivity index (χ0n) is 12.6. The number of hydrogen-bond donors (Lipinski definition) is 2. The molecule has 0 amide bonds. The van der Waals surface area contributed by atoms with Crippen molar-refractivity contribution in [3.05, 3.63) is 11.9 Å². The van der Waals surface area contributed by atoms with Gasteiger partial charge < -0.3 is 10.6 Å². The molecule has 106 valence electrons. The molecule has 1 heterocycles. The van der Waals surface area contributed by atoms with E-state index in [0.29, 0.717) is 11.3 Å². The molecule has 1 aliphatic rings. The zero-order chi connectivity index (χ0) is 13.9. The van der Waals surface area contributed by atoms with E-state index in [9.17, 15) is 0 Å². The highest BCUT2D eigenvalue weighted by atomic mass is 15.1. The van der Waals surface area contributed by atoms with E-state index in [4.69, 9.17) is 0 Å². The van der Waals surface area contributed by atoms with Crippen LogP contribution in [0.3, 0.4) is 0 Å². The van der Waals surface area contributed by atoms with Gasteiger partial charge in [-0.15, -0.1) is 0 Å². The normalized spacial score (nSPS) is 16.5. The topological polar surface area (TPSA) is 49.8 Å². The minimum atomic E-state index is 0.412. The van der Waals surface area contributed by atoms with Gasteiger partial charge in [0.25, 0.3) is 0 Å². The highest BCUT2D eigenvalue weighted by Crippen LogP contribution is 2.48. The summed E-state index contributed by atoms with van der Waals surface area (Å²) < 4.78 is 0. The summed E-state index contributed by atoms with van der Waals surface area (Å²) in [6.45, 7) is 10.7. The summed E-state index contributed by atoms with van der Waals surface area (Å²) in [7, 11) is 0. The van der Waals surface area contributed by atoms with Crippen LogP contribution in [0.2, 0.25) is 0 Å². The molecule has 1 aromatic heterocycles. The third-order valence-corrected chi connectivity index (χ3v) is 4.14. The van der Waals surface area contributed by atoms with Gasteiger partial charge in [-0.2, -0.15) is 0 Å². The van der Waals surface area contributed by atoms with Crippen molar-refractivity contribution < 1.29 is 0 Å². The molecule has 1 fully saturated rings. The largest absolute Gasteiger partial charge is 0.370 e. The second-order valence-electron chi connectivity index (χ2n) is 5.88. The van der Waals surface area contributed by atoms with Crippen molar-refractivity contribution in [1.29, 1.82) is 0 Å². The van der Waals surface area contributed by atoms with Crippen molar-refractivity contribution in [3.8, 4) is 0 Å². The Hall–Kier alpha value is -1.32. The lowest BCUT2D eigenvalue weighted by Crippen LogP contribution is -2.18. The smallest absolute Gasteiger partial charge is 0.135 e. The summed E-state index contributed by atoms with van der Waals surface area (Å²) >= 11 is 0. The molecule has 1 saturated carbocycles. The maximum Gasteiger partial charge on any atom is 0.135 e. The van der Waals surface area contributed by atoms with Gasteiger partial charge in [0.2, 0.25) is 0 Å². The molecule has 19 heavy (non-hydrogen) atoms. The van der Waals surface area contributed by atoms with Gasteiger partial charge in [-0.05, 0) is 37.5 Å². The number of hydrogen-bond acceptors (Lipinski definition) is 4. The molecule has 1 aliphatic carbocycles. The van der Waals surface area contributed by atoms with Gasteiger partial charge in [-0.3, -0.25) is 0 Å². The fraction of sp³-hybridized carbons (Fsp3) is 0.733. The first-order valence-electron chi connectivity index (χ1n) is 7.44. The summed E-state index contributed by atoms with van der Waals surface area (Å²) in [5.41, 5.74) is 1.73. The van der Waals surface area contributed by atoms with Gasteiger partial charge >= 0.3 is 0 Å². The molecule has 2 N–H and O–H groups in total. The Labute approximate surface area is 116 Å². The van der Waals surface area contributed by atoms with Crippen LogP contribution in [0.1, 0.15) is 58.4 Å². The molecule has 4 nitrogen and oxygen atoms in total. The SMILES string of the molecule is CCNc1ncnc(NCC2(CC)CC2)c1C(C)C. The van der Waals surface area contributed by atoms with Crippen LogP contribution in [-0.2, 0) is 0 Å². The Morgan fingerprint density at radius 2 is 1.79 bits per heavy atom. The summed E-state index contributed by atoms with van der Waals surface area (Å²) in [6, 6.07) is 0. The fourth-order valence-corrected chi connectivity index (χ4v) is 2.49. The minimum absolute atomic E-state index is 0.412. The van der Waals surface area contributed by atoms with Crippen molar-refractivity contribution in [2.45, 2.75) is 52.9 Å². The van der Waals surface area contributed by atoms with E-state index in [1.54, 1.807) is 6.33 Å². The maximum atomic E-state index is 4.45. The van der Waals surface area contributed by atoms with Crippen molar-refractivity contribution in [2.75, 3.05) is 23.7 Å². The average Bonchev–Trinajstić information content (AvgIpc) is 3.17. The Morgan fingerprint density at radius 3 is 2.26 bits per heavy atom. The zero-order valence-corrected chi connectivity index (χ0v) is 12.6. The molecule has 2 rings (SSSR count). The van der Waals surface area contributed by atoms with Crippen LogP contribution in [-0.4, -0.2) is 23.1 Å². The molecule has 0 bridgehead atoms. The van der Waals surface area contributed by atoms with Crippen molar-refractivity contribution in [3.63, 3.8) is 0 Å². The quantitative estimate of drug-likeness (QED) is 0.787. The Morgan fingerprint density at radius 1 is 1.16 bits per heavy atom. The van der Waals surface area contributed by atoms with Gasteiger partial charge in [-0.25, -0.2) is 9.97 Å². The Balaban J connectivity index is 2.16. The van der Waals surface area contributed by atoms with E-state index in [1.165, 1.54) is 24.8 Å². The molecular weight excluding hydrogens is 236 g/mol. The molecule has 0 saturated heterocycles. The van der Waals surface area contributed by atoms with Crippen molar-refractivity contribution >= 4 is 11.6 Å². The van der Waals surface area contributed by atoms with Crippen LogP contribution in [0.5, 0.6) is 0 Å². The van der Waals surface area contributed by atoms with E-state index < -0.39 is 0 Å². The standard InChI is InChI=1S/C15H26N4/c1-5-15(7-8-15)9-17-14-12(11(3)4)13(16-6-2)18-10-19-14/h10-11H,5-9H2,1-4H3,(H2,16,17,18,19). The number of anilines is 2. The summed E-state index contributed by atoms with van der Waals surface area (Å²) in [4.78, 5) is 8.81. The predicted octanol–water partition coefficient (Wildman–Crippen LogP) is 3.63. The Kier molecular flexibility index (Phi) is 4.27. The van der Waals surface area contributed by atoms with E-state index in [0.717, 1.165) is 24.7 Å². The molecular formula is C15H26N4. The first kappa shape index (κ1) is 14.1. The summed E-state index contributed by atoms with van der Waals surface area (Å²) in [5.74, 6) is 2.38. The van der Waals surface area contributed by atoms with Crippen LogP contribution in [0.25, 0.3) is 0 Å². The second-order valence-corrected chi connectivity index (χ2v) is 5.88. The first-order chi connectivity index (χ1) is 9.12. The predicted molar refractivity (Wildman–Crippen MR) is 80.7 cm³/mol. The monoisotopic (exact) mass is 262 g/mol. The van der Waals surface area contributed by atoms with E-state index in [2.05, 4.69) is 48.3 Å². The van der Waals surface area contributed by atoms with E-state index in [1.807, 2.05) is 0 Å². The van der Waals surface area contributed by atoms with Crippen LogP contribution in [0.4, 0.5) is 11.6 Å². The Bertz CT molecular complexity index is 424. The van der Waals surface area contributed by atoms with Crippen LogP contribution < -0.4 is 10.6 Å². The van der Waals surface area contributed by atoms with Crippen LogP contribution in [0, 0.1) is 5.41 Å². The number of nitrogens with one attached hydrogen (secondary N) is 2. The van der Waals surface area contributed by atoms with Gasteiger partial charge in [-0.1, -0.05) is 20.8 Å². The summed E-state index contributed by atoms with van der Waals surface area (Å²) in [6.07, 6.45) is 5.59.